The van der Waals surface area contributed by atoms with Gasteiger partial charge in [-0.15, -0.1) is 0 Å². The van der Waals surface area contributed by atoms with Crippen molar-refractivity contribution in [2.45, 2.75) is 6.92 Å². The maximum absolute atomic E-state index is 4.34. The molecule has 0 aliphatic heterocycles. The van der Waals surface area contributed by atoms with Crippen LogP contribution in [0.5, 0.6) is 0 Å². The van der Waals surface area contributed by atoms with Crippen LogP contribution >= 0.6 is 0 Å². The number of hydrogen-bond acceptors (Lipinski definition) is 1. The van der Waals surface area contributed by atoms with Gasteiger partial charge in [-0.1, -0.05) is 18.2 Å². The third kappa shape index (κ3) is 1.11. The normalized spacial score (nSPS) is 11.1. The number of aromatic nitrogens is 3. The molecular formula is C13H13N3. The van der Waals surface area contributed by atoms with Crippen molar-refractivity contribution in [2.24, 2.45) is 7.05 Å². The number of nitrogens with zero attached hydrogens (tertiary/aromatic N) is 2. The first-order valence-electron chi connectivity index (χ1n) is 5.33. The van der Waals surface area contributed by atoms with Gasteiger partial charge in [0.25, 0.3) is 0 Å². The molecule has 0 atom stereocenters. The van der Waals surface area contributed by atoms with Crippen molar-refractivity contribution >= 4 is 10.9 Å². The van der Waals surface area contributed by atoms with E-state index in [9.17, 15) is 0 Å². The van der Waals surface area contributed by atoms with Crippen molar-refractivity contribution in [1.82, 2.24) is 14.5 Å². The molecule has 80 valence electrons. The highest BCUT2D eigenvalue weighted by molar-refractivity contribution is 5.96. The summed E-state index contributed by atoms with van der Waals surface area (Å²) in [5.41, 5.74) is 3.67. The van der Waals surface area contributed by atoms with Gasteiger partial charge in [-0.2, -0.15) is 0 Å². The zero-order chi connectivity index (χ0) is 11.1. The average Bonchev–Trinajstić information content (AvgIpc) is 2.89. The number of para-hydroxylation sites is 1. The number of imidazole rings is 1. The van der Waals surface area contributed by atoms with Crippen LogP contribution < -0.4 is 0 Å². The number of H-pyrrole nitrogens is 1. The molecule has 1 N–H and O–H groups in total. The summed E-state index contributed by atoms with van der Waals surface area (Å²) < 4.78 is 2.20. The summed E-state index contributed by atoms with van der Waals surface area (Å²) in [7, 11) is 2.09. The zero-order valence-corrected chi connectivity index (χ0v) is 9.36. The standard InChI is InChI=1S/C13H13N3/c1-9-12(13-14-7-8-15-13)10-5-3-4-6-11(10)16(9)2/h3-8H,1-2H3,(H,14,15). The van der Waals surface area contributed by atoms with E-state index in [1.807, 2.05) is 6.20 Å². The molecule has 2 heterocycles. The second-order valence-corrected chi connectivity index (χ2v) is 3.97. The first kappa shape index (κ1) is 9.21. The Hall–Kier alpha value is -2.03. The summed E-state index contributed by atoms with van der Waals surface area (Å²) in [5.74, 6) is 0.939. The largest absolute Gasteiger partial charge is 0.347 e. The highest BCUT2D eigenvalue weighted by atomic mass is 15.0. The summed E-state index contributed by atoms with van der Waals surface area (Å²) in [4.78, 5) is 7.52. The Bertz CT molecular complexity index is 633. The zero-order valence-electron chi connectivity index (χ0n) is 9.36. The number of aryl methyl sites for hydroxylation is 1. The first-order valence-corrected chi connectivity index (χ1v) is 5.33. The molecule has 0 saturated carbocycles. The van der Waals surface area contributed by atoms with Gasteiger partial charge in [-0.25, -0.2) is 4.98 Å². The quantitative estimate of drug-likeness (QED) is 0.659. The molecule has 0 aliphatic carbocycles. The maximum atomic E-state index is 4.34. The van der Waals surface area contributed by atoms with Gasteiger partial charge in [0.2, 0.25) is 0 Å². The Kier molecular flexibility index (Phi) is 1.86. The third-order valence-corrected chi connectivity index (χ3v) is 3.13. The van der Waals surface area contributed by atoms with Gasteiger partial charge in [-0.3, -0.25) is 0 Å². The lowest BCUT2D eigenvalue weighted by atomic mass is 10.1. The second kappa shape index (κ2) is 3.23. The lowest BCUT2D eigenvalue weighted by Gasteiger charge is -1.98. The molecule has 0 aliphatic rings. The van der Waals surface area contributed by atoms with Crippen molar-refractivity contribution in [3.8, 4) is 11.4 Å². The van der Waals surface area contributed by atoms with E-state index in [0.717, 1.165) is 5.82 Å². The van der Waals surface area contributed by atoms with Gasteiger partial charge in [0, 0.05) is 41.6 Å². The van der Waals surface area contributed by atoms with E-state index in [0.29, 0.717) is 0 Å². The second-order valence-electron chi connectivity index (χ2n) is 3.97. The molecule has 0 bridgehead atoms. The molecule has 2 aromatic heterocycles. The van der Waals surface area contributed by atoms with Crippen LogP contribution in [0.4, 0.5) is 0 Å². The number of hydrogen-bond donors (Lipinski definition) is 1. The lowest BCUT2D eigenvalue weighted by molar-refractivity contribution is 0.918. The Morgan fingerprint density at radius 3 is 2.81 bits per heavy atom. The van der Waals surface area contributed by atoms with Gasteiger partial charge in [-0.05, 0) is 13.0 Å². The van der Waals surface area contributed by atoms with E-state index in [4.69, 9.17) is 0 Å². The summed E-state index contributed by atoms with van der Waals surface area (Å²) in [5, 5.41) is 1.25. The molecule has 0 amide bonds. The molecule has 0 fully saturated rings. The van der Waals surface area contributed by atoms with Crippen LogP contribution in [-0.2, 0) is 7.05 Å². The molecule has 0 radical (unpaired) electrons. The number of fused-ring (bicyclic) bond motifs is 1. The first-order chi connectivity index (χ1) is 7.79. The number of aromatic amines is 1. The maximum Gasteiger partial charge on any atom is 0.139 e. The topological polar surface area (TPSA) is 33.6 Å². The predicted molar refractivity (Wildman–Crippen MR) is 65.2 cm³/mol. The van der Waals surface area contributed by atoms with Crippen LogP contribution in [0.3, 0.4) is 0 Å². The van der Waals surface area contributed by atoms with Gasteiger partial charge >= 0.3 is 0 Å². The smallest absolute Gasteiger partial charge is 0.139 e. The summed E-state index contributed by atoms with van der Waals surface area (Å²) in [6.07, 6.45) is 3.65. The molecule has 3 aromatic rings. The highest BCUT2D eigenvalue weighted by Gasteiger charge is 2.14. The van der Waals surface area contributed by atoms with E-state index < -0.39 is 0 Å². The van der Waals surface area contributed by atoms with Gasteiger partial charge in [0.05, 0.1) is 0 Å². The summed E-state index contributed by atoms with van der Waals surface area (Å²) >= 11 is 0. The van der Waals surface area contributed by atoms with Crippen LogP contribution in [0.2, 0.25) is 0 Å². The van der Waals surface area contributed by atoms with Gasteiger partial charge in [0.1, 0.15) is 5.82 Å². The molecule has 1 aromatic carbocycles. The third-order valence-electron chi connectivity index (χ3n) is 3.13. The Morgan fingerprint density at radius 1 is 1.25 bits per heavy atom. The fourth-order valence-corrected chi connectivity index (χ4v) is 2.22. The Balaban J connectivity index is 2.44. The van der Waals surface area contributed by atoms with E-state index in [-0.39, 0.29) is 0 Å². The van der Waals surface area contributed by atoms with Crippen LogP contribution in [0, 0.1) is 6.92 Å². The molecule has 0 unspecified atom stereocenters. The van der Waals surface area contributed by atoms with Gasteiger partial charge < -0.3 is 9.55 Å². The monoisotopic (exact) mass is 211 g/mol. The van der Waals surface area contributed by atoms with Crippen molar-refractivity contribution in [3.05, 3.63) is 42.4 Å². The molecule has 0 spiro atoms. The average molecular weight is 211 g/mol. The van der Waals surface area contributed by atoms with Crippen LogP contribution in [-0.4, -0.2) is 14.5 Å². The minimum Gasteiger partial charge on any atom is -0.347 e. The SMILES string of the molecule is Cc1c(-c2ncc[nH]2)c2ccccc2n1C. The number of benzene rings is 1. The van der Waals surface area contributed by atoms with Crippen LogP contribution in [0.15, 0.2) is 36.7 Å². The Labute approximate surface area is 93.7 Å². The van der Waals surface area contributed by atoms with Crippen molar-refractivity contribution in [3.63, 3.8) is 0 Å². The lowest BCUT2D eigenvalue weighted by Crippen LogP contribution is -1.90. The minimum atomic E-state index is 0.939. The predicted octanol–water partition coefficient (Wildman–Crippen LogP) is 2.88. The van der Waals surface area contributed by atoms with E-state index >= 15 is 0 Å². The summed E-state index contributed by atoms with van der Waals surface area (Å²) in [6, 6.07) is 8.40. The Morgan fingerprint density at radius 2 is 2.06 bits per heavy atom. The van der Waals surface area contributed by atoms with Crippen molar-refractivity contribution in [2.75, 3.05) is 0 Å². The van der Waals surface area contributed by atoms with Crippen molar-refractivity contribution < 1.29 is 0 Å². The number of rotatable bonds is 1. The molecular weight excluding hydrogens is 198 g/mol. The summed E-state index contributed by atoms with van der Waals surface area (Å²) in [6.45, 7) is 2.12. The van der Waals surface area contributed by atoms with E-state index in [1.165, 1.54) is 22.2 Å². The molecule has 3 nitrogen and oxygen atoms in total. The molecule has 3 heteroatoms. The number of nitrogens with one attached hydrogen (secondary N) is 1. The highest BCUT2D eigenvalue weighted by Crippen LogP contribution is 2.31. The van der Waals surface area contributed by atoms with Crippen LogP contribution in [0.25, 0.3) is 22.3 Å². The molecule has 16 heavy (non-hydrogen) atoms. The molecule has 0 saturated heterocycles. The minimum absolute atomic E-state index is 0.939. The van der Waals surface area contributed by atoms with E-state index in [1.54, 1.807) is 6.20 Å². The van der Waals surface area contributed by atoms with E-state index in [2.05, 4.69) is 52.8 Å². The molecule has 3 rings (SSSR count). The van der Waals surface area contributed by atoms with Gasteiger partial charge in [0.15, 0.2) is 0 Å². The van der Waals surface area contributed by atoms with Crippen molar-refractivity contribution in [1.29, 1.82) is 0 Å². The fourth-order valence-electron chi connectivity index (χ4n) is 2.22. The fraction of sp³-hybridized carbons (Fsp3) is 0.154. The van der Waals surface area contributed by atoms with Crippen LogP contribution in [0.1, 0.15) is 5.69 Å².